The molecule has 1 aliphatic heterocycles. The maximum Gasteiger partial charge on any atom is 0.109 e. The van der Waals surface area contributed by atoms with Crippen LogP contribution in [0.4, 0.5) is 0 Å². The minimum absolute atomic E-state index is 1.22. The van der Waals surface area contributed by atoms with Crippen molar-refractivity contribution in [1.82, 2.24) is 0 Å². The van der Waals surface area contributed by atoms with Crippen LogP contribution < -0.4 is 4.31 Å². The lowest BCUT2D eigenvalue weighted by Crippen LogP contribution is -2.85. The van der Waals surface area contributed by atoms with Gasteiger partial charge in [0.2, 0.25) is 0 Å². The van der Waals surface area contributed by atoms with Crippen LogP contribution >= 0.6 is 0 Å². The topological polar surface area (TPSA) is 4.44 Å². The molecule has 24 valence electrons. The number of nitrogens with one attached hydrogen (secondary N) is 1. The van der Waals surface area contributed by atoms with Crippen LogP contribution in [0.5, 0.6) is 0 Å². The van der Waals surface area contributed by atoms with Crippen molar-refractivity contribution < 1.29 is 4.31 Å². The van der Waals surface area contributed by atoms with Gasteiger partial charge in [0, 0.05) is 0 Å². The van der Waals surface area contributed by atoms with E-state index in [1.807, 2.05) is 0 Å². The van der Waals surface area contributed by atoms with E-state index < -0.39 is 0 Å². The minimum Gasteiger partial charge on any atom is -0.496 e. The van der Waals surface area contributed by atoms with Crippen LogP contribution in [0, 0.1) is 0 Å². The van der Waals surface area contributed by atoms with E-state index in [9.17, 15) is 0 Å². The lowest BCUT2D eigenvalue weighted by molar-refractivity contribution is -0.587. The monoisotopic (exact) mass is 75.0 g/mol. The fourth-order valence-electron chi connectivity index (χ4n) is 0.0510. The molecule has 1 aliphatic rings. The highest BCUT2D eigenvalue weighted by Gasteiger charge is 2.06. The van der Waals surface area contributed by atoms with Gasteiger partial charge in [0.1, 0.15) is 13.1 Å². The molecule has 0 amide bonds. The molecule has 0 aromatic rings. The summed E-state index contributed by atoms with van der Waals surface area (Å²) in [6, 6.07) is 0. The van der Waals surface area contributed by atoms with Crippen LogP contribution in [0.1, 0.15) is 0 Å². The molecule has 0 aromatic carbocycles. The number of rotatable bonds is 0. The van der Waals surface area contributed by atoms with Gasteiger partial charge in [-0.3, -0.25) is 0 Å². The summed E-state index contributed by atoms with van der Waals surface area (Å²) in [6.07, 6.45) is 0. The third-order valence-corrected chi connectivity index (χ3v) is 0.862. The first-order valence-electron chi connectivity index (χ1n) is 1.41. The van der Waals surface area contributed by atoms with E-state index in [1.165, 1.54) is 17.4 Å². The summed E-state index contributed by atoms with van der Waals surface area (Å²) < 4.78 is 1.25. The molecule has 0 aliphatic carbocycles. The van der Waals surface area contributed by atoms with Gasteiger partial charge in [0.15, 0.2) is 0 Å². The molecule has 1 fully saturated rings. The molecule has 1 rings (SSSR count). The highest BCUT2D eigenvalue weighted by molar-refractivity contribution is 7.51. The zero-order valence-corrected chi connectivity index (χ0v) is 3.14. The maximum atomic E-state index is 4.65. The van der Waals surface area contributed by atoms with Gasteiger partial charge in [0.05, 0.1) is 0 Å². The Balaban J connectivity index is 2.17. The molecule has 1 saturated heterocycles. The molecule has 0 spiro atoms. The average Bonchev–Trinajstić information content (AvgIpc) is 1.75. The van der Waals surface area contributed by atoms with Crippen molar-refractivity contribution in [2.24, 2.45) is 0 Å². The van der Waals surface area contributed by atoms with E-state index in [0.29, 0.717) is 0 Å². The van der Waals surface area contributed by atoms with Crippen molar-refractivity contribution in [3.8, 4) is 0 Å². The molecule has 1 N–H and O–H groups in total. The molecule has 2 heteroatoms. The molecule has 1 nitrogen and oxygen atoms in total. The quantitative estimate of drug-likeness (QED) is 0.267. The van der Waals surface area contributed by atoms with Crippen molar-refractivity contribution in [3.63, 3.8) is 0 Å². The second-order valence-electron chi connectivity index (χ2n) is 1.04. The lowest BCUT2D eigenvalue weighted by atomic mass is 11.0. The summed E-state index contributed by atoms with van der Waals surface area (Å²) in [6.45, 7) is 2.44. The molecule has 0 unspecified atom stereocenters. The van der Waals surface area contributed by atoms with Gasteiger partial charge < -0.3 is 17.1 Å². The third kappa shape index (κ3) is 0.362. The summed E-state index contributed by atoms with van der Waals surface area (Å²) in [7, 11) is 0. The Morgan fingerprint density at radius 1 is 1.50 bits per heavy atom. The highest BCUT2D eigenvalue weighted by Crippen LogP contribution is 1.51. The van der Waals surface area contributed by atoms with Crippen molar-refractivity contribution >= 4 is 12.8 Å². The highest BCUT2D eigenvalue weighted by atomic mass is 32.1. The lowest BCUT2D eigenvalue weighted by Gasteiger charge is -1.85. The summed E-state index contributed by atoms with van der Waals surface area (Å²) in [5.74, 6) is 0. The zero-order chi connectivity index (χ0) is 2.99. The minimum atomic E-state index is 1.22. The maximum absolute atomic E-state index is 4.65. The molecule has 0 saturated carbocycles. The smallest absolute Gasteiger partial charge is 0.109 e. The molecule has 1 heterocycles. The van der Waals surface area contributed by atoms with E-state index in [1.54, 1.807) is 0 Å². The van der Waals surface area contributed by atoms with Crippen LogP contribution in [-0.4, -0.2) is 13.1 Å². The number of quaternary nitrogens is 1. The SMILES string of the molecule is [S-][NH+]1CC1. The van der Waals surface area contributed by atoms with Crippen molar-refractivity contribution in [1.29, 1.82) is 0 Å². The summed E-state index contributed by atoms with van der Waals surface area (Å²) in [5.41, 5.74) is 0. The Labute approximate surface area is 31.1 Å². The number of hydrogen-bond acceptors (Lipinski definition) is 1. The van der Waals surface area contributed by atoms with E-state index in [4.69, 9.17) is 0 Å². The van der Waals surface area contributed by atoms with Gasteiger partial charge in [-0.2, -0.15) is 0 Å². The molecular weight excluding hydrogens is 70.1 g/mol. The van der Waals surface area contributed by atoms with Crippen LogP contribution in [0.25, 0.3) is 0 Å². The van der Waals surface area contributed by atoms with Gasteiger partial charge in [-0.15, -0.1) is 0 Å². The van der Waals surface area contributed by atoms with Crippen LogP contribution in [0.2, 0.25) is 0 Å². The van der Waals surface area contributed by atoms with Gasteiger partial charge in [-0.1, -0.05) is 0 Å². The first-order chi connectivity index (χ1) is 1.89. The summed E-state index contributed by atoms with van der Waals surface area (Å²) in [4.78, 5) is 0. The van der Waals surface area contributed by atoms with Crippen LogP contribution in [-0.2, 0) is 12.8 Å². The molecule has 0 radical (unpaired) electrons. The molecular formula is C2H5NS. The Morgan fingerprint density at radius 3 is 1.75 bits per heavy atom. The third-order valence-electron chi connectivity index (χ3n) is 0.454. The largest absolute Gasteiger partial charge is 0.496 e. The van der Waals surface area contributed by atoms with Gasteiger partial charge in [0.25, 0.3) is 0 Å². The molecule has 0 atom stereocenters. The van der Waals surface area contributed by atoms with E-state index in [2.05, 4.69) is 12.8 Å². The Hall–Kier alpha value is 0.310. The summed E-state index contributed by atoms with van der Waals surface area (Å²) >= 11 is 4.65. The van der Waals surface area contributed by atoms with Gasteiger partial charge in [-0.05, 0) is 0 Å². The fourth-order valence-corrected chi connectivity index (χ4v) is 0.153. The molecule has 4 heavy (non-hydrogen) atoms. The second-order valence-corrected chi connectivity index (χ2v) is 1.62. The first-order valence-corrected chi connectivity index (χ1v) is 1.82. The van der Waals surface area contributed by atoms with E-state index in [0.717, 1.165) is 0 Å². The van der Waals surface area contributed by atoms with E-state index >= 15 is 0 Å². The number of hydrogen-bond donors (Lipinski definition) is 1. The van der Waals surface area contributed by atoms with Gasteiger partial charge in [-0.25, -0.2) is 0 Å². The Bertz CT molecular complexity index is 25.2. The molecule has 0 bridgehead atoms. The molecule has 0 aromatic heterocycles. The second kappa shape index (κ2) is 0.626. The van der Waals surface area contributed by atoms with Crippen molar-refractivity contribution in [2.75, 3.05) is 13.1 Å². The zero-order valence-electron chi connectivity index (χ0n) is 2.32. The van der Waals surface area contributed by atoms with Crippen LogP contribution in [0.3, 0.4) is 0 Å². The van der Waals surface area contributed by atoms with Crippen molar-refractivity contribution in [3.05, 3.63) is 0 Å². The van der Waals surface area contributed by atoms with Gasteiger partial charge >= 0.3 is 0 Å². The summed E-state index contributed by atoms with van der Waals surface area (Å²) in [5, 5.41) is 0. The normalized spacial score (nSPS) is 26.2. The fraction of sp³-hybridized carbons (Fsp3) is 1.00. The van der Waals surface area contributed by atoms with E-state index in [-0.39, 0.29) is 0 Å². The van der Waals surface area contributed by atoms with Crippen molar-refractivity contribution in [2.45, 2.75) is 0 Å². The van der Waals surface area contributed by atoms with Crippen LogP contribution in [0.15, 0.2) is 0 Å². The first kappa shape index (κ1) is 2.54. The Morgan fingerprint density at radius 2 is 1.75 bits per heavy atom. The average molecular weight is 75.1 g/mol. The predicted molar refractivity (Wildman–Crippen MR) is 18.1 cm³/mol. The standard InChI is InChI=1S/C2H5NS/c4-3-1-2-3/h3H,1-2H2. The predicted octanol–water partition coefficient (Wildman–Crippen LogP) is -1.65. The Kier molecular flexibility index (Phi) is 0.398.